The highest BCUT2D eigenvalue weighted by molar-refractivity contribution is 5.26. The highest BCUT2D eigenvalue weighted by Gasteiger charge is 1.93. The first-order chi connectivity index (χ1) is 5.26. The van der Waals surface area contributed by atoms with E-state index < -0.39 is 0 Å². The van der Waals surface area contributed by atoms with Gasteiger partial charge in [0.25, 0.3) is 0 Å². The Labute approximate surface area is 69.1 Å². The monoisotopic (exact) mass is 152 g/mol. The number of allylic oxidation sites excluding steroid dienone is 5. The van der Waals surface area contributed by atoms with Crippen LogP contribution in [0.15, 0.2) is 35.6 Å². The molecule has 0 aromatic carbocycles. The molecule has 1 heteroatoms. The van der Waals surface area contributed by atoms with Gasteiger partial charge in [0.05, 0.1) is 7.11 Å². The van der Waals surface area contributed by atoms with Gasteiger partial charge >= 0.3 is 0 Å². The van der Waals surface area contributed by atoms with Crippen LogP contribution >= 0.6 is 0 Å². The molecule has 0 spiro atoms. The Kier molecular flexibility index (Phi) is 5.26. The smallest absolute Gasteiger partial charge is 0.121 e. The highest BCUT2D eigenvalue weighted by atomic mass is 16.5. The van der Waals surface area contributed by atoms with Gasteiger partial charge in [-0.15, -0.1) is 0 Å². The lowest BCUT2D eigenvalue weighted by molar-refractivity contribution is 0.301. The Hall–Kier alpha value is -0.980. The molecule has 0 unspecified atom stereocenters. The van der Waals surface area contributed by atoms with Crippen LogP contribution in [-0.4, -0.2) is 7.11 Å². The van der Waals surface area contributed by atoms with Crippen LogP contribution in [0.5, 0.6) is 0 Å². The number of ether oxygens (including phenoxy) is 1. The Balaban J connectivity index is 4.39. The predicted molar refractivity (Wildman–Crippen MR) is 49.3 cm³/mol. The second-order valence-electron chi connectivity index (χ2n) is 2.23. The molecule has 0 fully saturated rings. The van der Waals surface area contributed by atoms with E-state index in [-0.39, 0.29) is 0 Å². The summed E-state index contributed by atoms with van der Waals surface area (Å²) >= 11 is 0. The van der Waals surface area contributed by atoms with E-state index in [2.05, 4.69) is 0 Å². The molecule has 0 aromatic rings. The van der Waals surface area contributed by atoms with E-state index in [1.54, 1.807) is 7.11 Å². The minimum Gasteiger partial charge on any atom is -0.497 e. The lowest BCUT2D eigenvalue weighted by Gasteiger charge is -2.03. The van der Waals surface area contributed by atoms with Crippen molar-refractivity contribution in [3.63, 3.8) is 0 Å². The number of hydrogen-bond donors (Lipinski definition) is 0. The normalized spacial score (nSPS) is 14.2. The van der Waals surface area contributed by atoms with Gasteiger partial charge in [0.15, 0.2) is 0 Å². The second-order valence-corrected chi connectivity index (χ2v) is 2.23. The molecular weight excluding hydrogens is 136 g/mol. The molecule has 11 heavy (non-hydrogen) atoms. The molecule has 0 aliphatic heterocycles. The van der Waals surface area contributed by atoms with Crippen molar-refractivity contribution in [1.29, 1.82) is 0 Å². The predicted octanol–water partition coefficient (Wildman–Crippen LogP) is 3.06. The summed E-state index contributed by atoms with van der Waals surface area (Å²) in [6.07, 6.45) is 7.92. The van der Waals surface area contributed by atoms with Crippen molar-refractivity contribution in [1.82, 2.24) is 0 Å². The molecule has 0 aliphatic carbocycles. The van der Waals surface area contributed by atoms with E-state index in [0.29, 0.717) is 0 Å². The first-order valence-electron chi connectivity index (χ1n) is 3.76. The van der Waals surface area contributed by atoms with Gasteiger partial charge in [0.1, 0.15) is 5.76 Å². The molecule has 0 atom stereocenters. The molecule has 0 saturated heterocycles. The van der Waals surface area contributed by atoms with Gasteiger partial charge in [-0.05, 0) is 32.4 Å². The van der Waals surface area contributed by atoms with Crippen molar-refractivity contribution in [2.45, 2.75) is 20.8 Å². The third-order valence-electron chi connectivity index (χ3n) is 1.48. The Morgan fingerprint density at radius 1 is 1.27 bits per heavy atom. The first-order valence-corrected chi connectivity index (χ1v) is 3.76. The summed E-state index contributed by atoms with van der Waals surface area (Å²) in [5.41, 5.74) is 1.16. The van der Waals surface area contributed by atoms with Gasteiger partial charge in [-0.25, -0.2) is 0 Å². The molecule has 1 nitrogen and oxygen atoms in total. The average molecular weight is 152 g/mol. The van der Waals surface area contributed by atoms with E-state index in [9.17, 15) is 0 Å². The van der Waals surface area contributed by atoms with Crippen LogP contribution in [0.25, 0.3) is 0 Å². The summed E-state index contributed by atoms with van der Waals surface area (Å²) in [5.74, 6) is 0.922. The van der Waals surface area contributed by atoms with Crippen LogP contribution in [-0.2, 0) is 4.74 Å². The minimum atomic E-state index is 0.922. The van der Waals surface area contributed by atoms with Crippen molar-refractivity contribution in [2.24, 2.45) is 0 Å². The fourth-order valence-corrected chi connectivity index (χ4v) is 0.686. The maximum absolute atomic E-state index is 5.15. The van der Waals surface area contributed by atoms with E-state index in [1.165, 1.54) is 0 Å². The quantitative estimate of drug-likeness (QED) is 0.446. The Morgan fingerprint density at radius 2 is 1.91 bits per heavy atom. The fraction of sp³-hybridized carbons (Fsp3) is 0.400. The fourth-order valence-electron chi connectivity index (χ4n) is 0.686. The first kappa shape index (κ1) is 10.0. The molecule has 0 amide bonds. The van der Waals surface area contributed by atoms with Gasteiger partial charge in [0, 0.05) is 0 Å². The van der Waals surface area contributed by atoms with Crippen LogP contribution in [0.4, 0.5) is 0 Å². The van der Waals surface area contributed by atoms with E-state index in [1.807, 2.05) is 45.1 Å². The van der Waals surface area contributed by atoms with Gasteiger partial charge in [0.2, 0.25) is 0 Å². The van der Waals surface area contributed by atoms with Crippen LogP contribution in [0.2, 0.25) is 0 Å². The molecule has 0 rings (SSSR count). The molecular formula is C10H16O. The third-order valence-corrected chi connectivity index (χ3v) is 1.48. The summed E-state index contributed by atoms with van der Waals surface area (Å²) in [6.45, 7) is 6.01. The molecule has 0 N–H and O–H groups in total. The van der Waals surface area contributed by atoms with Crippen LogP contribution in [0, 0.1) is 0 Å². The number of rotatable bonds is 3. The second kappa shape index (κ2) is 5.78. The highest BCUT2D eigenvalue weighted by Crippen LogP contribution is 2.08. The zero-order chi connectivity index (χ0) is 8.69. The van der Waals surface area contributed by atoms with Crippen molar-refractivity contribution >= 4 is 0 Å². The topological polar surface area (TPSA) is 9.23 Å². The molecule has 0 aromatic heterocycles. The van der Waals surface area contributed by atoms with Crippen molar-refractivity contribution in [3.8, 4) is 0 Å². The molecule has 62 valence electrons. The SMILES string of the molecule is C\C=C/C=C(OC)\C(C)=C/C. The largest absolute Gasteiger partial charge is 0.497 e. The van der Waals surface area contributed by atoms with Crippen molar-refractivity contribution < 1.29 is 4.74 Å². The summed E-state index contributed by atoms with van der Waals surface area (Å²) in [4.78, 5) is 0. The Bertz CT molecular complexity index is 185. The average Bonchev–Trinajstić information content (AvgIpc) is 2.05. The molecule has 0 saturated carbocycles. The van der Waals surface area contributed by atoms with Crippen LogP contribution < -0.4 is 0 Å². The third kappa shape index (κ3) is 3.66. The van der Waals surface area contributed by atoms with E-state index in [4.69, 9.17) is 4.74 Å². The number of methoxy groups -OCH3 is 1. The van der Waals surface area contributed by atoms with E-state index >= 15 is 0 Å². The number of hydrogen-bond acceptors (Lipinski definition) is 1. The maximum atomic E-state index is 5.15. The van der Waals surface area contributed by atoms with Crippen molar-refractivity contribution in [2.75, 3.05) is 7.11 Å². The summed E-state index contributed by atoms with van der Waals surface area (Å²) in [6, 6.07) is 0. The Morgan fingerprint density at radius 3 is 2.27 bits per heavy atom. The van der Waals surface area contributed by atoms with Crippen LogP contribution in [0.3, 0.4) is 0 Å². The summed E-state index contributed by atoms with van der Waals surface area (Å²) in [7, 11) is 1.68. The maximum Gasteiger partial charge on any atom is 0.121 e. The van der Waals surface area contributed by atoms with Gasteiger partial charge < -0.3 is 4.74 Å². The molecule has 0 heterocycles. The lowest BCUT2D eigenvalue weighted by Crippen LogP contribution is -1.87. The summed E-state index contributed by atoms with van der Waals surface area (Å²) < 4.78 is 5.15. The summed E-state index contributed by atoms with van der Waals surface area (Å²) in [5, 5.41) is 0. The van der Waals surface area contributed by atoms with Gasteiger partial charge in [-0.1, -0.05) is 18.2 Å². The van der Waals surface area contributed by atoms with E-state index in [0.717, 1.165) is 11.3 Å². The molecule has 0 radical (unpaired) electrons. The lowest BCUT2D eigenvalue weighted by atomic mass is 10.2. The van der Waals surface area contributed by atoms with Gasteiger partial charge in [-0.3, -0.25) is 0 Å². The standard InChI is InChI=1S/C10H16O/c1-5-7-8-10(11-4)9(3)6-2/h5-8H,1-4H3/b7-5-,9-6-,10-8+. The molecule has 0 bridgehead atoms. The minimum absolute atomic E-state index is 0.922. The van der Waals surface area contributed by atoms with Gasteiger partial charge in [-0.2, -0.15) is 0 Å². The molecule has 0 aliphatic rings. The van der Waals surface area contributed by atoms with Crippen molar-refractivity contribution in [3.05, 3.63) is 35.6 Å². The zero-order valence-electron chi connectivity index (χ0n) is 7.72. The zero-order valence-corrected chi connectivity index (χ0v) is 7.72. The van der Waals surface area contributed by atoms with Crippen LogP contribution in [0.1, 0.15) is 20.8 Å².